The van der Waals surface area contributed by atoms with Gasteiger partial charge in [0.05, 0.1) is 16.7 Å². The molecule has 0 saturated carbocycles. The number of ether oxygens (including phenoxy) is 6. The normalized spacial score (nSPS) is 10.2. The summed E-state index contributed by atoms with van der Waals surface area (Å²) in [4.78, 5) is 38.3. The number of benzene rings is 4. The van der Waals surface area contributed by atoms with E-state index in [-0.39, 0.29) is 23.5 Å². The first-order chi connectivity index (χ1) is 19.1. The molecule has 4 rings (SSSR count). The second-order valence-corrected chi connectivity index (χ2v) is 7.78. The first-order valence-corrected chi connectivity index (χ1v) is 11.8. The van der Waals surface area contributed by atoms with Gasteiger partial charge >= 0.3 is 17.9 Å². The van der Waals surface area contributed by atoms with Crippen molar-refractivity contribution in [3.8, 4) is 17.2 Å². The van der Waals surface area contributed by atoms with E-state index in [1.54, 1.807) is 72.8 Å². The van der Waals surface area contributed by atoms with Crippen molar-refractivity contribution in [2.24, 2.45) is 0 Å². The van der Waals surface area contributed by atoms with Gasteiger partial charge in [-0.15, -0.1) is 0 Å². The number of hydrogen-bond acceptors (Lipinski definition) is 9. The molecule has 9 nitrogen and oxygen atoms in total. The van der Waals surface area contributed by atoms with E-state index in [2.05, 4.69) is 0 Å². The number of carbonyl (C=O) groups excluding carboxylic acids is 3. The third-order valence-corrected chi connectivity index (χ3v) is 5.17. The van der Waals surface area contributed by atoms with Crippen molar-refractivity contribution in [1.82, 2.24) is 0 Å². The Kier molecular flexibility index (Phi) is 9.50. The zero-order valence-corrected chi connectivity index (χ0v) is 20.7. The van der Waals surface area contributed by atoms with Crippen LogP contribution in [-0.4, -0.2) is 38.3 Å². The summed E-state index contributed by atoms with van der Waals surface area (Å²) in [6.07, 6.45) is 0. The molecule has 0 aliphatic heterocycles. The van der Waals surface area contributed by atoms with Crippen LogP contribution in [-0.2, 0) is 14.2 Å². The van der Waals surface area contributed by atoms with E-state index in [4.69, 9.17) is 28.4 Å². The fourth-order valence-corrected chi connectivity index (χ4v) is 3.26. The fourth-order valence-electron chi connectivity index (χ4n) is 3.26. The van der Waals surface area contributed by atoms with Gasteiger partial charge < -0.3 is 28.4 Å². The van der Waals surface area contributed by atoms with Crippen molar-refractivity contribution in [3.63, 3.8) is 0 Å². The van der Waals surface area contributed by atoms with Gasteiger partial charge in [-0.05, 0) is 54.6 Å². The SMILES string of the molecule is O=C(OCOc1ccccc1)c1ccc(C(=O)OCOc2ccccc2)c(C(=O)OCOc2ccccc2)c1. The smallest absolute Gasteiger partial charge is 0.341 e. The van der Waals surface area contributed by atoms with E-state index in [0.717, 1.165) is 0 Å². The van der Waals surface area contributed by atoms with Crippen molar-refractivity contribution < 1.29 is 42.8 Å². The van der Waals surface area contributed by atoms with Crippen LogP contribution in [0, 0.1) is 0 Å². The van der Waals surface area contributed by atoms with Gasteiger partial charge in [-0.25, -0.2) is 14.4 Å². The van der Waals surface area contributed by atoms with E-state index >= 15 is 0 Å². The summed E-state index contributed by atoms with van der Waals surface area (Å²) in [5, 5.41) is 0. The minimum Gasteiger partial charge on any atom is -0.457 e. The van der Waals surface area contributed by atoms with Crippen LogP contribution in [0.1, 0.15) is 31.1 Å². The van der Waals surface area contributed by atoms with Crippen LogP contribution in [0.15, 0.2) is 109 Å². The third kappa shape index (κ3) is 8.09. The molecule has 198 valence electrons. The second-order valence-electron chi connectivity index (χ2n) is 7.78. The highest BCUT2D eigenvalue weighted by Gasteiger charge is 2.23. The summed E-state index contributed by atoms with van der Waals surface area (Å²) in [7, 11) is 0. The number of esters is 3. The molecule has 0 bridgehead atoms. The van der Waals surface area contributed by atoms with Crippen LogP contribution < -0.4 is 14.2 Å². The summed E-state index contributed by atoms with van der Waals surface area (Å²) in [5.74, 6) is -1.03. The molecule has 0 radical (unpaired) electrons. The molecular formula is C30H24O9. The van der Waals surface area contributed by atoms with Crippen molar-refractivity contribution >= 4 is 17.9 Å². The Labute approximate surface area is 224 Å². The number of hydrogen-bond donors (Lipinski definition) is 0. The average Bonchev–Trinajstić information content (AvgIpc) is 2.98. The highest BCUT2D eigenvalue weighted by Crippen LogP contribution is 2.18. The molecule has 39 heavy (non-hydrogen) atoms. The molecule has 0 aliphatic rings. The van der Waals surface area contributed by atoms with Gasteiger partial charge in [0.15, 0.2) is 0 Å². The van der Waals surface area contributed by atoms with E-state index in [9.17, 15) is 14.4 Å². The summed E-state index contributed by atoms with van der Waals surface area (Å²) >= 11 is 0. The molecule has 0 aromatic heterocycles. The van der Waals surface area contributed by atoms with Gasteiger partial charge in [-0.1, -0.05) is 54.6 Å². The second kappa shape index (κ2) is 13.8. The van der Waals surface area contributed by atoms with Crippen molar-refractivity contribution in [2.75, 3.05) is 20.4 Å². The van der Waals surface area contributed by atoms with Gasteiger partial charge in [0, 0.05) is 0 Å². The molecule has 4 aromatic rings. The van der Waals surface area contributed by atoms with Crippen molar-refractivity contribution in [2.45, 2.75) is 0 Å². The van der Waals surface area contributed by atoms with Gasteiger partial charge in [-0.2, -0.15) is 0 Å². The number of carbonyl (C=O) groups is 3. The quantitative estimate of drug-likeness (QED) is 0.138. The molecule has 0 amide bonds. The van der Waals surface area contributed by atoms with Crippen LogP contribution in [0.2, 0.25) is 0 Å². The predicted octanol–water partition coefficient (Wildman–Crippen LogP) is 5.27. The summed E-state index contributed by atoms with van der Waals surface area (Å²) in [5.41, 5.74) is -0.345. The van der Waals surface area contributed by atoms with E-state index < -0.39 is 31.5 Å². The lowest BCUT2D eigenvalue weighted by molar-refractivity contribution is 0.0106. The van der Waals surface area contributed by atoms with Crippen LogP contribution in [0.25, 0.3) is 0 Å². The standard InChI is InChI=1S/C30H24O9/c31-28(37-19-34-23-10-4-1-5-11-23)22-16-17-26(29(32)38-20-35-24-12-6-2-7-13-24)27(18-22)30(33)39-21-36-25-14-8-3-9-15-25/h1-18H,19-21H2. The Morgan fingerprint density at radius 1 is 0.436 bits per heavy atom. The molecule has 0 atom stereocenters. The Balaban J connectivity index is 1.43. The molecule has 0 saturated heterocycles. The van der Waals surface area contributed by atoms with Gasteiger partial charge in [0.25, 0.3) is 0 Å². The molecule has 0 heterocycles. The maximum absolute atomic E-state index is 12.9. The molecule has 0 unspecified atom stereocenters. The minimum atomic E-state index is -0.906. The Bertz CT molecular complexity index is 1370. The molecule has 0 N–H and O–H groups in total. The predicted molar refractivity (Wildman–Crippen MR) is 138 cm³/mol. The fraction of sp³-hybridized carbons (Fsp3) is 0.100. The number of para-hydroxylation sites is 3. The third-order valence-electron chi connectivity index (χ3n) is 5.17. The van der Waals surface area contributed by atoms with Crippen LogP contribution in [0.5, 0.6) is 17.2 Å². The van der Waals surface area contributed by atoms with E-state index in [1.165, 1.54) is 18.2 Å². The Hall–Kier alpha value is -5.31. The van der Waals surface area contributed by atoms with Crippen LogP contribution in [0.4, 0.5) is 0 Å². The zero-order valence-electron chi connectivity index (χ0n) is 20.7. The Morgan fingerprint density at radius 2 is 0.821 bits per heavy atom. The highest BCUT2D eigenvalue weighted by atomic mass is 16.7. The summed E-state index contributed by atoms with van der Waals surface area (Å²) in [6, 6.07) is 30.1. The monoisotopic (exact) mass is 528 g/mol. The molecule has 0 spiro atoms. The first-order valence-electron chi connectivity index (χ1n) is 11.8. The lowest BCUT2D eigenvalue weighted by atomic mass is 10.0. The summed E-state index contributed by atoms with van der Waals surface area (Å²) in [6.45, 7) is -1.17. The van der Waals surface area contributed by atoms with E-state index in [0.29, 0.717) is 17.2 Å². The maximum Gasteiger partial charge on any atom is 0.341 e. The highest BCUT2D eigenvalue weighted by molar-refractivity contribution is 6.05. The molecule has 0 fully saturated rings. The molecule has 9 heteroatoms. The topological polar surface area (TPSA) is 107 Å². The van der Waals surface area contributed by atoms with E-state index in [1.807, 2.05) is 18.2 Å². The van der Waals surface area contributed by atoms with Gasteiger partial charge in [-0.3, -0.25) is 0 Å². The average molecular weight is 529 g/mol. The first kappa shape index (κ1) is 26.7. The van der Waals surface area contributed by atoms with Gasteiger partial charge in [0.1, 0.15) is 17.2 Å². The largest absolute Gasteiger partial charge is 0.457 e. The van der Waals surface area contributed by atoms with Crippen molar-refractivity contribution in [1.29, 1.82) is 0 Å². The molecule has 0 aliphatic carbocycles. The van der Waals surface area contributed by atoms with Gasteiger partial charge in [0.2, 0.25) is 20.4 Å². The lowest BCUT2D eigenvalue weighted by Gasteiger charge is -2.13. The maximum atomic E-state index is 12.9. The molecule has 4 aromatic carbocycles. The van der Waals surface area contributed by atoms with Crippen molar-refractivity contribution in [3.05, 3.63) is 126 Å². The number of rotatable bonds is 12. The summed E-state index contributed by atoms with van der Waals surface area (Å²) < 4.78 is 31.7. The molecular weight excluding hydrogens is 504 g/mol. The minimum absolute atomic E-state index is 0.000301. The van der Waals surface area contributed by atoms with Crippen LogP contribution >= 0.6 is 0 Å². The van der Waals surface area contributed by atoms with Crippen LogP contribution in [0.3, 0.4) is 0 Å². The zero-order chi connectivity index (χ0) is 27.3. The Morgan fingerprint density at radius 3 is 1.26 bits per heavy atom. The lowest BCUT2D eigenvalue weighted by Crippen LogP contribution is -2.19.